The van der Waals surface area contributed by atoms with Crippen LogP contribution < -0.4 is 25.0 Å². The van der Waals surface area contributed by atoms with E-state index < -0.39 is 0 Å². The van der Waals surface area contributed by atoms with Gasteiger partial charge in [0, 0.05) is 38.3 Å². The highest BCUT2D eigenvalue weighted by Crippen LogP contribution is 2.30. The van der Waals surface area contributed by atoms with Crippen molar-refractivity contribution in [2.45, 2.75) is 19.0 Å². The van der Waals surface area contributed by atoms with Gasteiger partial charge >= 0.3 is 0 Å². The Morgan fingerprint density at radius 1 is 1.21 bits per heavy atom. The molecular weight excluding hydrogens is 364 g/mol. The summed E-state index contributed by atoms with van der Waals surface area (Å²) in [6, 6.07) is 16.5. The van der Waals surface area contributed by atoms with Gasteiger partial charge in [0.25, 0.3) is 0 Å². The van der Waals surface area contributed by atoms with Crippen LogP contribution in [0.15, 0.2) is 66.2 Å². The third-order valence-corrected chi connectivity index (χ3v) is 4.95. The first-order valence-corrected chi connectivity index (χ1v) is 9.92. The van der Waals surface area contributed by atoms with Crippen molar-refractivity contribution in [1.82, 2.24) is 10.6 Å². The van der Waals surface area contributed by atoms with E-state index in [2.05, 4.69) is 39.2 Å². The Balaban J connectivity index is 1.56. The molecule has 1 unspecified atom stereocenters. The van der Waals surface area contributed by atoms with E-state index in [-0.39, 0.29) is 0 Å². The second-order valence-corrected chi connectivity index (χ2v) is 6.88. The second kappa shape index (κ2) is 10.4. The summed E-state index contributed by atoms with van der Waals surface area (Å²) >= 11 is 0. The number of methoxy groups -OCH3 is 1. The molecule has 0 saturated carbocycles. The van der Waals surface area contributed by atoms with Crippen LogP contribution in [0.5, 0.6) is 11.5 Å². The molecule has 0 radical (unpaired) electrons. The van der Waals surface area contributed by atoms with Gasteiger partial charge in [-0.25, -0.2) is 0 Å². The number of nitrogens with one attached hydrogen (secondary N) is 2. The van der Waals surface area contributed by atoms with Gasteiger partial charge in [0.2, 0.25) is 0 Å². The predicted octanol–water partition coefficient (Wildman–Crippen LogP) is 3.20. The first-order valence-electron chi connectivity index (χ1n) is 9.92. The quantitative estimate of drug-likeness (QED) is 0.409. The van der Waals surface area contributed by atoms with Crippen molar-refractivity contribution in [3.8, 4) is 11.5 Å². The van der Waals surface area contributed by atoms with E-state index >= 15 is 0 Å². The molecule has 0 amide bonds. The van der Waals surface area contributed by atoms with E-state index in [1.807, 2.05) is 36.4 Å². The minimum Gasteiger partial charge on any atom is -0.495 e. The number of hydrogen-bond acceptors (Lipinski definition) is 4. The fourth-order valence-corrected chi connectivity index (χ4v) is 3.49. The van der Waals surface area contributed by atoms with E-state index in [1.165, 1.54) is 0 Å². The molecule has 3 rings (SSSR count). The molecule has 154 valence electrons. The van der Waals surface area contributed by atoms with Gasteiger partial charge in [-0.3, -0.25) is 4.99 Å². The summed E-state index contributed by atoms with van der Waals surface area (Å²) in [5.41, 5.74) is 2.22. The van der Waals surface area contributed by atoms with Crippen molar-refractivity contribution < 1.29 is 9.47 Å². The average molecular weight is 395 g/mol. The maximum absolute atomic E-state index is 5.73. The van der Waals surface area contributed by atoms with E-state index in [9.17, 15) is 0 Å². The summed E-state index contributed by atoms with van der Waals surface area (Å²) in [5.74, 6) is 2.56. The van der Waals surface area contributed by atoms with Crippen LogP contribution in [-0.2, 0) is 6.54 Å². The van der Waals surface area contributed by atoms with Crippen LogP contribution in [0.1, 0.15) is 12.0 Å². The van der Waals surface area contributed by atoms with Crippen LogP contribution in [0.2, 0.25) is 0 Å². The maximum atomic E-state index is 5.73. The number of hydrogen-bond donors (Lipinski definition) is 2. The monoisotopic (exact) mass is 394 g/mol. The Morgan fingerprint density at radius 2 is 1.97 bits per heavy atom. The summed E-state index contributed by atoms with van der Waals surface area (Å²) in [5, 5.41) is 6.93. The lowest BCUT2D eigenvalue weighted by molar-refractivity contribution is 0.358. The van der Waals surface area contributed by atoms with E-state index in [4.69, 9.17) is 9.47 Å². The molecule has 29 heavy (non-hydrogen) atoms. The SMILES string of the molecule is C=CCOc1ccccc1CNC(=NC)NC1CCN(c2ccccc2OC)C1. The number of ether oxygens (including phenoxy) is 2. The molecule has 0 aromatic heterocycles. The molecule has 2 aromatic carbocycles. The van der Waals surface area contributed by atoms with Crippen molar-refractivity contribution >= 4 is 11.6 Å². The van der Waals surface area contributed by atoms with Gasteiger partial charge in [0.1, 0.15) is 18.1 Å². The smallest absolute Gasteiger partial charge is 0.191 e. The molecule has 2 N–H and O–H groups in total. The molecule has 1 atom stereocenters. The third kappa shape index (κ3) is 5.44. The number of nitrogens with zero attached hydrogens (tertiary/aromatic N) is 2. The number of benzene rings is 2. The van der Waals surface area contributed by atoms with Crippen LogP contribution >= 0.6 is 0 Å². The summed E-state index contributed by atoms with van der Waals surface area (Å²) in [4.78, 5) is 6.73. The Hall–Kier alpha value is -3.15. The zero-order valence-corrected chi connectivity index (χ0v) is 17.2. The van der Waals surface area contributed by atoms with Gasteiger partial charge in [-0.1, -0.05) is 43.0 Å². The summed E-state index contributed by atoms with van der Waals surface area (Å²) in [6.07, 6.45) is 2.79. The van der Waals surface area contributed by atoms with Crippen molar-refractivity contribution in [1.29, 1.82) is 0 Å². The molecule has 1 heterocycles. The van der Waals surface area contributed by atoms with Crippen molar-refractivity contribution in [3.05, 3.63) is 66.7 Å². The minimum absolute atomic E-state index is 0.318. The van der Waals surface area contributed by atoms with Gasteiger partial charge in [-0.2, -0.15) is 0 Å². The van der Waals surface area contributed by atoms with Crippen molar-refractivity contribution in [3.63, 3.8) is 0 Å². The Bertz CT molecular complexity index is 837. The number of anilines is 1. The summed E-state index contributed by atoms with van der Waals surface area (Å²) in [6.45, 7) is 6.72. The van der Waals surface area contributed by atoms with E-state index in [1.54, 1.807) is 20.2 Å². The highest BCUT2D eigenvalue weighted by Gasteiger charge is 2.25. The standard InChI is InChI=1S/C23H30N4O2/c1-4-15-29-21-11-7-5-9-18(21)16-25-23(24-2)26-19-13-14-27(17-19)20-10-6-8-12-22(20)28-3/h4-12,19H,1,13-17H2,2-3H3,(H2,24,25,26). The molecule has 1 fully saturated rings. The number of rotatable bonds is 8. The molecule has 1 aliphatic rings. The van der Waals surface area contributed by atoms with Gasteiger partial charge in [0.15, 0.2) is 5.96 Å². The minimum atomic E-state index is 0.318. The molecule has 2 aromatic rings. The molecular formula is C23H30N4O2. The van der Waals surface area contributed by atoms with Crippen molar-refractivity contribution in [2.75, 3.05) is 38.8 Å². The zero-order chi connectivity index (χ0) is 20.5. The average Bonchev–Trinajstić information content (AvgIpc) is 3.24. The van der Waals surface area contributed by atoms with Crippen LogP contribution in [0, 0.1) is 0 Å². The third-order valence-electron chi connectivity index (χ3n) is 4.95. The summed E-state index contributed by atoms with van der Waals surface area (Å²) in [7, 11) is 3.51. The van der Waals surface area contributed by atoms with Crippen LogP contribution in [0.4, 0.5) is 5.69 Å². The first-order chi connectivity index (χ1) is 14.2. The van der Waals surface area contributed by atoms with Gasteiger partial charge in [0.05, 0.1) is 12.8 Å². The Kier molecular flexibility index (Phi) is 7.39. The van der Waals surface area contributed by atoms with E-state index in [0.29, 0.717) is 19.2 Å². The van der Waals surface area contributed by atoms with Crippen LogP contribution in [0.3, 0.4) is 0 Å². The first kappa shape index (κ1) is 20.6. The predicted molar refractivity (Wildman–Crippen MR) is 119 cm³/mol. The number of para-hydroxylation sites is 3. The normalized spacial score (nSPS) is 16.4. The largest absolute Gasteiger partial charge is 0.495 e. The molecule has 6 heteroatoms. The lowest BCUT2D eigenvalue weighted by Gasteiger charge is -2.22. The molecule has 0 aliphatic carbocycles. The number of guanidine groups is 1. The maximum Gasteiger partial charge on any atom is 0.191 e. The highest BCUT2D eigenvalue weighted by atomic mass is 16.5. The highest BCUT2D eigenvalue weighted by molar-refractivity contribution is 5.80. The van der Waals surface area contributed by atoms with Gasteiger partial charge in [-0.05, 0) is 24.6 Å². The lowest BCUT2D eigenvalue weighted by Crippen LogP contribution is -2.44. The topological polar surface area (TPSA) is 58.1 Å². The van der Waals surface area contributed by atoms with Crippen molar-refractivity contribution in [2.24, 2.45) is 4.99 Å². The van der Waals surface area contributed by atoms with Gasteiger partial charge < -0.3 is 25.0 Å². The Morgan fingerprint density at radius 3 is 2.72 bits per heavy atom. The molecule has 6 nitrogen and oxygen atoms in total. The second-order valence-electron chi connectivity index (χ2n) is 6.88. The number of aliphatic imine (C=N–C) groups is 1. The molecule has 1 saturated heterocycles. The lowest BCUT2D eigenvalue weighted by atomic mass is 10.2. The van der Waals surface area contributed by atoms with E-state index in [0.717, 1.165) is 48.2 Å². The fourth-order valence-electron chi connectivity index (χ4n) is 3.49. The van der Waals surface area contributed by atoms with Crippen LogP contribution in [-0.4, -0.2) is 45.9 Å². The van der Waals surface area contributed by atoms with Gasteiger partial charge in [-0.15, -0.1) is 0 Å². The van der Waals surface area contributed by atoms with Crippen LogP contribution in [0.25, 0.3) is 0 Å². The Labute approximate surface area is 173 Å². The molecule has 0 spiro atoms. The molecule has 0 bridgehead atoms. The zero-order valence-electron chi connectivity index (χ0n) is 17.2. The fraction of sp³-hybridized carbons (Fsp3) is 0.348. The summed E-state index contributed by atoms with van der Waals surface area (Å²) < 4.78 is 11.2. The molecule has 1 aliphatic heterocycles.